The summed E-state index contributed by atoms with van der Waals surface area (Å²) in [5, 5.41) is 12.3. The van der Waals surface area contributed by atoms with E-state index in [1.807, 2.05) is 38.1 Å². The lowest BCUT2D eigenvalue weighted by atomic mass is 10.1. The van der Waals surface area contributed by atoms with Crippen molar-refractivity contribution >= 4 is 17.5 Å². The molecule has 6 nitrogen and oxygen atoms in total. The first-order chi connectivity index (χ1) is 11.4. The van der Waals surface area contributed by atoms with Crippen molar-refractivity contribution in [3.63, 3.8) is 0 Å². The van der Waals surface area contributed by atoms with Crippen molar-refractivity contribution in [3.8, 4) is 5.75 Å². The van der Waals surface area contributed by atoms with Crippen LogP contribution >= 0.6 is 0 Å². The van der Waals surface area contributed by atoms with E-state index in [0.29, 0.717) is 16.3 Å². The molecule has 0 fully saturated rings. The van der Waals surface area contributed by atoms with E-state index < -0.39 is 5.91 Å². The molecule has 0 heterocycles. The number of nitrogens with one attached hydrogen (secondary N) is 1. The molecule has 0 unspecified atom stereocenters. The molecule has 2 aromatic carbocycles. The van der Waals surface area contributed by atoms with Crippen molar-refractivity contribution < 1.29 is 19.5 Å². The third kappa shape index (κ3) is 4.57. The number of likely N-dealkylation sites (N-methyl/N-ethyl adjacent to an activating group) is 1. The highest BCUT2D eigenvalue weighted by Gasteiger charge is 2.15. The van der Waals surface area contributed by atoms with Crippen LogP contribution in [0.25, 0.3) is 0 Å². The topological polar surface area (TPSA) is 78.9 Å². The van der Waals surface area contributed by atoms with Gasteiger partial charge in [-0.1, -0.05) is 23.8 Å². The van der Waals surface area contributed by atoms with Crippen LogP contribution in [-0.4, -0.2) is 35.7 Å². The summed E-state index contributed by atoms with van der Waals surface area (Å²) in [7, 11) is 1.22. The van der Waals surface area contributed by atoms with E-state index in [-0.39, 0.29) is 18.3 Å². The van der Waals surface area contributed by atoms with Crippen LogP contribution in [0.1, 0.15) is 21.5 Å². The molecule has 6 heteroatoms. The number of carbonyl (C=O) groups is 2. The number of anilines is 1. The number of nitrogens with zero attached hydrogens (tertiary/aromatic N) is 1. The van der Waals surface area contributed by atoms with Crippen LogP contribution in [-0.2, 0) is 4.79 Å². The van der Waals surface area contributed by atoms with Gasteiger partial charge in [-0.15, -0.1) is 0 Å². The molecule has 0 radical (unpaired) electrons. The maximum atomic E-state index is 12.5. The van der Waals surface area contributed by atoms with E-state index in [1.165, 1.54) is 7.05 Å². The second kappa shape index (κ2) is 7.61. The maximum absolute atomic E-state index is 12.5. The smallest absolute Gasteiger partial charge is 0.283 e. The van der Waals surface area contributed by atoms with Crippen LogP contribution in [0.15, 0.2) is 42.5 Å². The maximum Gasteiger partial charge on any atom is 0.283 e. The van der Waals surface area contributed by atoms with Gasteiger partial charge in [-0.25, -0.2) is 5.06 Å². The van der Waals surface area contributed by atoms with E-state index in [0.717, 1.165) is 11.1 Å². The van der Waals surface area contributed by atoms with Gasteiger partial charge >= 0.3 is 0 Å². The highest BCUT2D eigenvalue weighted by Crippen LogP contribution is 2.22. The number of carbonyl (C=O) groups excluding carboxylic acids is 2. The van der Waals surface area contributed by atoms with Crippen LogP contribution < -0.4 is 10.1 Å². The SMILES string of the molecule is Cc1ccc(NC(=O)c2ccc(C)cc2OCC(=O)N(C)O)cc1. The summed E-state index contributed by atoms with van der Waals surface area (Å²) < 4.78 is 5.41. The molecule has 0 saturated heterocycles. The molecule has 0 spiro atoms. The standard InChI is InChI=1S/C18H20N2O4/c1-12-4-7-14(8-5-12)19-18(22)15-9-6-13(2)10-16(15)24-11-17(21)20(3)23/h4-10,23H,11H2,1-3H3,(H,19,22). The summed E-state index contributed by atoms with van der Waals surface area (Å²) in [5.74, 6) is -0.658. The number of hydroxylamine groups is 2. The summed E-state index contributed by atoms with van der Waals surface area (Å²) in [4.78, 5) is 23.9. The molecule has 126 valence electrons. The lowest BCUT2D eigenvalue weighted by molar-refractivity contribution is -0.161. The number of hydrogen-bond acceptors (Lipinski definition) is 4. The first-order valence-corrected chi connectivity index (χ1v) is 7.43. The summed E-state index contributed by atoms with van der Waals surface area (Å²) in [6.07, 6.45) is 0. The van der Waals surface area contributed by atoms with Gasteiger partial charge in [0.2, 0.25) is 0 Å². The van der Waals surface area contributed by atoms with Gasteiger partial charge in [0.25, 0.3) is 11.8 Å². The summed E-state index contributed by atoms with van der Waals surface area (Å²) in [5.41, 5.74) is 2.97. The molecule has 0 aliphatic rings. The van der Waals surface area contributed by atoms with E-state index in [2.05, 4.69) is 5.32 Å². The molecular formula is C18H20N2O4. The van der Waals surface area contributed by atoms with E-state index >= 15 is 0 Å². The number of benzene rings is 2. The minimum Gasteiger partial charge on any atom is -0.483 e. The minimum absolute atomic E-state index is 0.287. The molecule has 0 saturated carbocycles. The molecule has 24 heavy (non-hydrogen) atoms. The zero-order chi connectivity index (χ0) is 17.7. The molecule has 0 aromatic heterocycles. The third-order valence-corrected chi connectivity index (χ3v) is 3.40. The normalized spacial score (nSPS) is 10.2. The van der Waals surface area contributed by atoms with Gasteiger partial charge in [0.1, 0.15) is 5.75 Å². The summed E-state index contributed by atoms with van der Waals surface area (Å²) in [6, 6.07) is 12.5. The van der Waals surface area contributed by atoms with Crippen molar-refractivity contribution in [1.29, 1.82) is 0 Å². The molecular weight excluding hydrogens is 308 g/mol. The number of hydrogen-bond donors (Lipinski definition) is 2. The molecule has 0 atom stereocenters. The Morgan fingerprint density at radius 3 is 2.33 bits per heavy atom. The van der Waals surface area contributed by atoms with Crippen molar-refractivity contribution in [2.45, 2.75) is 13.8 Å². The fourth-order valence-electron chi connectivity index (χ4n) is 2.00. The average Bonchev–Trinajstić information content (AvgIpc) is 2.54. The zero-order valence-electron chi connectivity index (χ0n) is 13.9. The Bertz CT molecular complexity index is 739. The number of aryl methyl sites for hydroxylation is 2. The van der Waals surface area contributed by atoms with Gasteiger partial charge in [-0.2, -0.15) is 0 Å². The summed E-state index contributed by atoms with van der Waals surface area (Å²) >= 11 is 0. The zero-order valence-corrected chi connectivity index (χ0v) is 13.9. The van der Waals surface area contributed by atoms with Crippen molar-refractivity contribution in [2.75, 3.05) is 19.0 Å². The Morgan fingerprint density at radius 1 is 1.08 bits per heavy atom. The number of amides is 2. The quantitative estimate of drug-likeness (QED) is 0.653. The highest BCUT2D eigenvalue weighted by atomic mass is 16.5. The van der Waals surface area contributed by atoms with Gasteiger partial charge < -0.3 is 10.1 Å². The average molecular weight is 328 g/mol. The first-order valence-electron chi connectivity index (χ1n) is 7.43. The molecule has 0 aliphatic carbocycles. The minimum atomic E-state index is -0.610. The lowest BCUT2D eigenvalue weighted by Crippen LogP contribution is -2.28. The van der Waals surface area contributed by atoms with Crippen molar-refractivity contribution in [3.05, 3.63) is 59.2 Å². The van der Waals surface area contributed by atoms with Crippen LogP contribution in [0.4, 0.5) is 5.69 Å². The van der Waals surface area contributed by atoms with Gasteiger partial charge in [0.15, 0.2) is 6.61 Å². The van der Waals surface area contributed by atoms with E-state index in [4.69, 9.17) is 9.94 Å². The van der Waals surface area contributed by atoms with Crippen LogP contribution in [0.2, 0.25) is 0 Å². The largest absolute Gasteiger partial charge is 0.483 e. The molecule has 2 N–H and O–H groups in total. The van der Waals surface area contributed by atoms with Crippen molar-refractivity contribution in [1.82, 2.24) is 5.06 Å². The number of rotatable bonds is 5. The Balaban J connectivity index is 2.17. The number of ether oxygens (including phenoxy) is 1. The first kappa shape index (κ1) is 17.5. The van der Waals surface area contributed by atoms with Crippen molar-refractivity contribution in [2.24, 2.45) is 0 Å². The Morgan fingerprint density at radius 2 is 1.71 bits per heavy atom. The Kier molecular flexibility index (Phi) is 5.55. The van der Waals surface area contributed by atoms with E-state index in [1.54, 1.807) is 18.2 Å². The van der Waals surface area contributed by atoms with Gasteiger partial charge in [-0.05, 0) is 43.7 Å². The Labute approximate surface area is 140 Å². The second-order valence-electron chi connectivity index (χ2n) is 5.53. The molecule has 0 aliphatic heterocycles. The van der Waals surface area contributed by atoms with Crippen LogP contribution in [0.5, 0.6) is 5.75 Å². The van der Waals surface area contributed by atoms with Gasteiger partial charge in [-0.3, -0.25) is 14.8 Å². The van der Waals surface area contributed by atoms with Crippen LogP contribution in [0.3, 0.4) is 0 Å². The van der Waals surface area contributed by atoms with Gasteiger partial charge in [0.05, 0.1) is 5.56 Å². The molecule has 2 aromatic rings. The third-order valence-electron chi connectivity index (χ3n) is 3.40. The summed E-state index contributed by atoms with van der Waals surface area (Å²) in [6.45, 7) is 3.46. The van der Waals surface area contributed by atoms with Gasteiger partial charge in [0, 0.05) is 12.7 Å². The highest BCUT2D eigenvalue weighted by molar-refractivity contribution is 6.06. The predicted octanol–water partition coefficient (Wildman–Crippen LogP) is 2.78. The fraction of sp³-hybridized carbons (Fsp3) is 0.222. The molecule has 2 amide bonds. The Hall–Kier alpha value is -2.86. The molecule has 0 bridgehead atoms. The fourth-order valence-corrected chi connectivity index (χ4v) is 2.00. The monoisotopic (exact) mass is 328 g/mol. The van der Waals surface area contributed by atoms with E-state index in [9.17, 15) is 9.59 Å². The predicted molar refractivity (Wildman–Crippen MR) is 90.4 cm³/mol. The molecule has 2 rings (SSSR count). The second-order valence-corrected chi connectivity index (χ2v) is 5.53. The lowest BCUT2D eigenvalue weighted by Gasteiger charge is -2.14. The van der Waals surface area contributed by atoms with Crippen LogP contribution in [0, 0.1) is 13.8 Å².